The van der Waals surface area contributed by atoms with E-state index < -0.39 is 0 Å². The number of thioether (sulfide) groups is 1. The molecule has 0 radical (unpaired) electrons. The summed E-state index contributed by atoms with van der Waals surface area (Å²) in [6.07, 6.45) is 1.14. The van der Waals surface area contributed by atoms with E-state index in [1.54, 1.807) is 0 Å². The van der Waals surface area contributed by atoms with E-state index in [1.807, 2.05) is 11.8 Å². The Bertz CT molecular complexity index is 258. The summed E-state index contributed by atoms with van der Waals surface area (Å²) >= 11 is 1.92. The minimum absolute atomic E-state index is 0.294. The van der Waals surface area contributed by atoms with Gasteiger partial charge in [0.15, 0.2) is 0 Å². The summed E-state index contributed by atoms with van der Waals surface area (Å²) in [5.74, 6) is 0. The molecule has 0 spiro atoms. The van der Waals surface area contributed by atoms with Gasteiger partial charge in [0.1, 0.15) is 0 Å². The van der Waals surface area contributed by atoms with Gasteiger partial charge in [-0.2, -0.15) is 0 Å². The summed E-state index contributed by atoms with van der Waals surface area (Å²) in [6.45, 7) is 2.09. The fourth-order valence-electron chi connectivity index (χ4n) is 1.50. The topological polar surface area (TPSA) is 26.0 Å². The molecule has 0 aromatic heterocycles. The highest BCUT2D eigenvalue weighted by Gasteiger charge is 2.24. The lowest BCUT2D eigenvalue weighted by atomic mass is 10.1. The molecule has 12 heavy (non-hydrogen) atoms. The van der Waals surface area contributed by atoms with E-state index in [4.69, 9.17) is 5.73 Å². The van der Waals surface area contributed by atoms with Crippen LogP contribution in [0.5, 0.6) is 0 Å². The SMILES string of the molecule is CC(N)C1Cc2ccccc2S1. The van der Waals surface area contributed by atoms with Crippen LogP contribution in [0.15, 0.2) is 29.2 Å². The van der Waals surface area contributed by atoms with Crippen molar-refractivity contribution >= 4 is 11.8 Å². The zero-order chi connectivity index (χ0) is 8.55. The van der Waals surface area contributed by atoms with Gasteiger partial charge in [0.2, 0.25) is 0 Å². The molecule has 0 fully saturated rings. The molecule has 1 nitrogen and oxygen atoms in total. The van der Waals surface area contributed by atoms with Gasteiger partial charge >= 0.3 is 0 Å². The van der Waals surface area contributed by atoms with Crippen LogP contribution in [0.25, 0.3) is 0 Å². The summed E-state index contributed by atoms with van der Waals surface area (Å²) in [7, 11) is 0. The molecule has 0 bridgehead atoms. The van der Waals surface area contributed by atoms with Crippen molar-refractivity contribution in [1.82, 2.24) is 0 Å². The van der Waals surface area contributed by atoms with Crippen LogP contribution in [0.1, 0.15) is 12.5 Å². The van der Waals surface area contributed by atoms with Gasteiger partial charge in [-0.1, -0.05) is 18.2 Å². The second-order valence-electron chi connectivity index (χ2n) is 3.33. The summed E-state index contributed by atoms with van der Waals surface area (Å²) in [4.78, 5) is 1.42. The summed E-state index contributed by atoms with van der Waals surface area (Å²) < 4.78 is 0. The Hall–Kier alpha value is -0.470. The van der Waals surface area contributed by atoms with Crippen molar-refractivity contribution in [2.24, 2.45) is 5.73 Å². The summed E-state index contributed by atoms with van der Waals surface area (Å²) in [5.41, 5.74) is 7.32. The molecule has 0 aliphatic carbocycles. The summed E-state index contributed by atoms with van der Waals surface area (Å²) in [5, 5.41) is 0.586. The minimum atomic E-state index is 0.294. The van der Waals surface area contributed by atoms with E-state index in [2.05, 4.69) is 31.2 Å². The lowest BCUT2D eigenvalue weighted by Crippen LogP contribution is -2.28. The lowest BCUT2D eigenvalue weighted by Gasteiger charge is -2.11. The Morgan fingerprint density at radius 2 is 2.25 bits per heavy atom. The molecule has 0 saturated carbocycles. The second-order valence-corrected chi connectivity index (χ2v) is 4.61. The molecule has 1 aliphatic heterocycles. The Morgan fingerprint density at radius 1 is 1.50 bits per heavy atom. The first-order chi connectivity index (χ1) is 5.77. The van der Waals surface area contributed by atoms with Crippen LogP contribution in [0, 0.1) is 0 Å². The van der Waals surface area contributed by atoms with Crippen LogP contribution in [0.3, 0.4) is 0 Å². The standard InChI is InChI=1S/C10H13NS/c1-7(11)10-6-8-4-2-3-5-9(8)12-10/h2-5,7,10H,6,11H2,1H3. The van der Waals surface area contributed by atoms with E-state index >= 15 is 0 Å². The third-order valence-electron chi connectivity index (χ3n) is 2.26. The van der Waals surface area contributed by atoms with E-state index in [0.29, 0.717) is 11.3 Å². The quantitative estimate of drug-likeness (QED) is 0.714. The maximum atomic E-state index is 5.86. The highest BCUT2D eigenvalue weighted by Crippen LogP contribution is 2.37. The van der Waals surface area contributed by atoms with Crippen LogP contribution in [0.4, 0.5) is 0 Å². The molecule has 2 rings (SSSR count). The Kier molecular flexibility index (Phi) is 2.11. The average molecular weight is 179 g/mol. The first-order valence-electron chi connectivity index (χ1n) is 4.27. The van der Waals surface area contributed by atoms with Crippen molar-refractivity contribution in [3.05, 3.63) is 29.8 Å². The molecule has 1 aliphatic rings. The van der Waals surface area contributed by atoms with E-state index in [-0.39, 0.29) is 0 Å². The monoisotopic (exact) mass is 179 g/mol. The van der Waals surface area contributed by atoms with Crippen molar-refractivity contribution in [2.45, 2.75) is 29.5 Å². The fraction of sp³-hybridized carbons (Fsp3) is 0.400. The van der Waals surface area contributed by atoms with E-state index in [0.717, 1.165) is 6.42 Å². The normalized spacial score (nSPS) is 23.7. The van der Waals surface area contributed by atoms with Gasteiger partial charge in [0, 0.05) is 16.2 Å². The maximum Gasteiger partial charge on any atom is 0.0284 e. The first kappa shape index (κ1) is 8.14. The minimum Gasteiger partial charge on any atom is -0.327 e. The average Bonchev–Trinajstić information content (AvgIpc) is 2.46. The highest BCUT2D eigenvalue weighted by molar-refractivity contribution is 8.00. The number of rotatable bonds is 1. The van der Waals surface area contributed by atoms with Crippen LogP contribution < -0.4 is 5.73 Å². The molecule has 2 unspecified atom stereocenters. The van der Waals surface area contributed by atoms with Gasteiger partial charge in [-0.25, -0.2) is 0 Å². The van der Waals surface area contributed by atoms with Crippen molar-refractivity contribution in [3.8, 4) is 0 Å². The number of hydrogen-bond acceptors (Lipinski definition) is 2. The second kappa shape index (κ2) is 3.11. The van der Waals surface area contributed by atoms with Gasteiger partial charge in [0.25, 0.3) is 0 Å². The third kappa shape index (κ3) is 1.37. The van der Waals surface area contributed by atoms with E-state index in [1.165, 1.54) is 10.5 Å². The lowest BCUT2D eigenvalue weighted by molar-refractivity contribution is 0.692. The van der Waals surface area contributed by atoms with Gasteiger partial charge in [-0.15, -0.1) is 11.8 Å². The number of benzene rings is 1. The molecule has 1 aromatic rings. The molecular formula is C10H13NS. The molecule has 64 valence electrons. The first-order valence-corrected chi connectivity index (χ1v) is 5.15. The maximum absolute atomic E-state index is 5.86. The smallest absolute Gasteiger partial charge is 0.0284 e. The van der Waals surface area contributed by atoms with Crippen LogP contribution >= 0.6 is 11.8 Å². The molecule has 1 aromatic carbocycles. The molecular weight excluding hydrogens is 166 g/mol. The predicted octanol–water partition coefficient (Wildman–Crippen LogP) is 2.05. The van der Waals surface area contributed by atoms with Crippen molar-refractivity contribution < 1.29 is 0 Å². The van der Waals surface area contributed by atoms with Crippen molar-refractivity contribution in [1.29, 1.82) is 0 Å². The predicted molar refractivity (Wildman–Crippen MR) is 53.4 cm³/mol. The van der Waals surface area contributed by atoms with Gasteiger partial charge in [-0.3, -0.25) is 0 Å². The fourth-order valence-corrected chi connectivity index (χ4v) is 2.77. The van der Waals surface area contributed by atoms with Crippen molar-refractivity contribution in [2.75, 3.05) is 0 Å². The molecule has 0 amide bonds. The zero-order valence-corrected chi connectivity index (χ0v) is 7.97. The molecule has 2 atom stereocenters. The molecule has 2 N–H and O–H groups in total. The number of nitrogens with two attached hydrogens (primary N) is 1. The van der Waals surface area contributed by atoms with Crippen LogP contribution in [-0.2, 0) is 6.42 Å². The Morgan fingerprint density at radius 3 is 2.92 bits per heavy atom. The third-order valence-corrected chi connectivity index (χ3v) is 3.81. The van der Waals surface area contributed by atoms with Gasteiger partial charge in [0.05, 0.1) is 0 Å². The largest absolute Gasteiger partial charge is 0.327 e. The van der Waals surface area contributed by atoms with Crippen LogP contribution in [-0.4, -0.2) is 11.3 Å². The molecule has 2 heteroatoms. The number of hydrogen-bond donors (Lipinski definition) is 1. The number of fused-ring (bicyclic) bond motifs is 1. The van der Waals surface area contributed by atoms with Gasteiger partial charge in [-0.05, 0) is 25.0 Å². The van der Waals surface area contributed by atoms with Crippen molar-refractivity contribution in [3.63, 3.8) is 0 Å². The van der Waals surface area contributed by atoms with Gasteiger partial charge < -0.3 is 5.73 Å². The summed E-state index contributed by atoms with van der Waals surface area (Å²) in [6, 6.07) is 8.87. The highest BCUT2D eigenvalue weighted by atomic mass is 32.2. The van der Waals surface area contributed by atoms with E-state index in [9.17, 15) is 0 Å². The Labute approximate surface area is 77.3 Å². The molecule has 1 heterocycles. The molecule has 0 saturated heterocycles. The Balaban J connectivity index is 2.22. The van der Waals surface area contributed by atoms with Crippen LogP contribution in [0.2, 0.25) is 0 Å². The zero-order valence-electron chi connectivity index (χ0n) is 7.16.